The summed E-state index contributed by atoms with van der Waals surface area (Å²) in [5.41, 5.74) is 2.16. The first-order valence-electron chi connectivity index (χ1n) is 6.94. The van der Waals surface area contributed by atoms with Crippen molar-refractivity contribution < 1.29 is 9.53 Å². The third kappa shape index (κ3) is 5.53. The van der Waals surface area contributed by atoms with Gasteiger partial charge in [0, 0.05) is 6.08 Å². The van der Waals surface area contributed by atoms with Crippen molar-refractivity contribution in [2.24, 2.45) is 0 Å². The van der Waals surface area contributed by atoms with Crippen molar-refractivity contribution >= 4 is 12.0 Å². The average molecular weight is 281 g/mol. The number of rotatable bonds is 6. The van der Waals surface area contributed by atoms with Gasteiger partial charge < -0.3 is 10.1 Å². The van der Waals surface area contributed by atoms with Crippen LogP contribution in [0.5, 0.6) is 5.75 Å². The molecule has 2 aromatic carbocycles. The Hall–Kier alpha value is -2.55. The molecule has 1 N–H and O–H groups in total. The monoisotopic (exact) mass is 281 g/mol. The maximum Gasteiger partial charge on any atom is 0.244 e. The Morgan fingerprint density at radius 3 is 2.71 bits per heavy atom. The Morgan fingerprint density at radius 1 is 1.14 bits per heavy atom. The van der Waals surface area contributed by atoms with Gasteiger partial charge in [-0.25, -0.2) is 0 Å². The molecule has 0 atom stereocenters. The zero-order chi connectivity index (χ0) is 14.9. The fraction of sp³-hybridized carbons (Fsp3) is 0.167. The van der Waals surface area contributed by atoms with Crippen molar-refractivity contribution in [2.75, 3.05) is 13.2 Å². The molecule has 3 nitrogen and oxygen atoms in total. The standard InChI is InChI=1S/C18H19NO2/c1-15-6-5-9-17(14-15)21-13-12-19-18(20)11-10-16-7-3-2-4-8-16/h2-11,14H,12-13H2,1H3,(H,19,20)/b11-10+. The van der Waals surface area contributed by atoms with Crippen LogP contribution in [0.3, 0.4) is 0 Å². The van der Waals surface area contributed by atoms with Crippen LogP contribution in [0.15, 0.2) is 60.7 Å². The van der Waals surface area contributed by atoms with E-state index in [4.69, 9.17) is 4.74 Å². The second-order valence-corrected chi connectivity index (χ2v) is 4.70. The number of hydrogen-bond acceptors (Lipinski definition) is 2. The molecule has 0 aliphatic rings. The number of carbonyl (C=O) groups is 1. The lowest BCUT2D eigenvalue weighted by atomic mass is 10.2. The summed E-state index contributed by atoms with van der Waals surface area (Å²) in [6.07, 6.45) is 3.32. The second kappa shape index (κ2) is 7.90. The minimum Gasteiger partial charge on any atom is -0.492 e. The van der Waals surface area contributed by atoms with Crippen molar-refractivity contribution in [3.8, 4) is 5.75 Å². The Bertz CT molecular complexity index is 606. The van der Waals surface area contributed by atoms with E-state index in [-0.39, 0.29) is 5.91 Å². The normalized spacial score (nSPS) is 10.5. The zero-order valence-electron chi connectivity index (χ0n) is 12.1. The predicted molar refractivity (Wildman–Crippen MR) is 85.2 cm³/mol. The van der Waals surface area contributed by atoms with Crippen LogP contribution >= 0.6 is 0 Å². The van der Waals surface area contributed by atoms with Crippen molar-refractivity contribution in [1.29, 1.82) is 0 Å². The quantitative estimate of drug-likeness (QED) is 0.652. The summed E-state index contributed by atoms with van der Waals surface area (Å²) in [7, 11) is 0. The summed E-state index contributed by atoms with van der Waals surface area (Å²) in [5, 5.41) is 2.79. The molecule has 0 aromatic heterocycles. The van der Waals surface area contributed by atoms with Gasteiger partial charge in [-0.05, 0) is 36.3 Å². The molecule has 2 aromatic rings. The Labute approximate surface area is 125 Å². The van der Waals surface area contributed by atoms with E-state index in [1.165, 1.54) is 6.08 Å². The third-order valence-corrected chi connectivity index (χ3v) is 2.89. The van der Waals surface area contributed by atoms with Crippen LogP contribution in [0, 0.1) is 6.92 Å². The molecule has 0 aliphatic carbocycles. The molecule has 0 saturated heterocycles. The van der Waals surface area contributed by atoms with Gasteiger partial charge in [-0.1, -0.05) is 42.5 Å². The van der Waals surface area contributed by atoms with Gasteiger partial charge in [-0.15, -0.1) is 0 Å². The van der Waals surface area contributed by atoms with Crippen LogP contribution in [0.1, 0.15) is 11.1 Å². The van der Waals surface area contributed by atoms with E-state index in [9.17, 15) is 4.79 Å². The lowest BCUT2D eigenvalue weighted by Gasteiger charge is -2.07. The van der Waals surface area contributed by atoms with Gasteiger partial charge in [0.15, 0.2) is 0 Å². The van der Waals surface area contributed by atoms with E-state index in [0.29, 0.717) is 13.2 Å². The van der Waals surface area contributed by atoms with Crippen LogP contribution in [0.25, 0.3) is 6.08 Å². The summed E-state index contributed by atoms with van der Waals surface area (Å²) in [4.78, 5) is 11.6. The maximum absolute atomic E-state index is 11.6. The molecular weight excluding hydrogens is 262 g/mol. The number of ether oxygens (including phenoxy) is 1. The van der Waals surface area contributed by atoms with E-state index in [1.807, 2.05) is 61.5 Å². The van der Waals surface area contributed by atoms with Gasteiger partial charge in [0.25, 0.3) is 0 Å². The molecular formula is C18H19NO2. The van der Waals surface area contributed by atoms with Gasteiger partial charge in [0.1, 0.15) is 12.4 Å². The average Bonchev–Trinajstić information content (AvgIpc) is 2.51. The van der Waals surface area contributed by atoms with Crippen LogP contribution in [0.2, 0.25) is 0 Å². The number of benzene rings is 2. The van der Waals surface area contributed by atoms with Crippen LogP contribution < -0.4 is 10.1 Å². The van der Waals surface area contributed by atoms with E-state index in [1.54, 1.807) is 6.08 Å². The fourth-order valence-corrected chi connectivity index (χ4v) is 1.84. The van der Waals surface area contributed by atoms with Gasteiger partial charge in [-0.3, -0.25) is 4.79 Å². The fourth-order valence-electron chi connectivity index (χ4n) is 1.84. The number of nitrogens with one attached hydrogen (secondary N) is 1. The first-order valence-corrected chi connectivity index (χ1v) is 6.94. The topological polar surface area (TPSA) is 38.3 Å². The molecule has 0 saturated carbocycles. The first-order chi connectivity index (χ1) is 10.2. The van der Waals surface area contributed by atoms with Crippen LogP contribution in [0.4, 0.5) is 0 Å². The van der Waals surface area contributed by atoms with E-state index >= 15 is 0 Å². The van der Waals surface area contributed by atoms with Gasteiger partial charge >= 0.3 is 0 Å². The molecule has 0 aliphatic heterocycles. The summed E-state index contributed by atoms with van der Waals surface area (Å²) < 4.78 is 5.56. The highest BCUT2D eigenvalue weighted by Crippen LogP contribution is 2.11. The molecule has 0 unspecified atom stereocenters. The number of carbonyl (C=O) groups excluding carboxylic acids is 1. The number of hydrogen-bond donors (Lipinski definition) is 1. The summed E-state index contributed by atoms with van der Waals surface area (Å²) in [6, 6.07) is 17.6. The minimum absolute atomic E-state index is 0.119. The molecule has 0 fully saturated rings. The molecule has 2 rings (SSSR count). The SMILES string of the molecule is Cc1cccc(OCCNC(=O)/C=C/c2ccccc2)c1. The van der Waals surface area contributed by atoms with E-state index in [0.717, 1.165) is 16.9 Å². The van der Waals surface area contributed by atoms with Crippen molar-refractivity contribution in [3.63, 3.8) is 0 Å². The van der Waals surface area contributed by atoms with Gasteiger partial charge in [0.2, 0.25) is 5.91 Å². The Kier molecular flexibility index (Phi) is 5.59. The lowest BCUT2D eigenvalue weighted by molar-refractivity contribution is -0.116. The highest BCUT2D eigenvalue weighted by molar-refractivity contribution is 5.91. The smallest absolute Gasteiger partial charge is 0.244 e. The minimum atomic E-state index is -0.119. The van der Waals surface area contributed by atoms with E-state index in [2.05, 4.69) is 5.32 Å². The van der Waals surface area contributed by atoms with Crippen molar-refractivity contribution in [3.05, 3.63) is 71.8 Å². The molecule has 0 spiro atoms. The third-order valence-electron chi connectivity index (χ3n) is 2.89. The summed E-state index contributed by atoms with van der Waals surface area (Å²) in [5.74, 6) is 0.704. The lowest BCUT2D eigenvalue weighted by Crippen LogP contribution is -2.26. The Morgan fingerprint density at radius 2 is 1.95 bits per heavy atom. The van der Waals surface area contributed by atoms with Gasteiger partial charge in [-0.2, -0.15) is 0 Å². The van der Waals surface area contributed by atoms with Crippen LogP contribution in [-0.2, 0) is 4.79 Å². The largest absolute Gasteiger partial charge is 0.492 e. The van der Waals surface area contributed by atoms with E-state index < -0.39 is 0 Å². The van der Waals surface area contributed by atoms with Crippen molar-refractivity contribution in [2.45, 2.75) is 6.92 Å². The molecule has 3 heteroatoms. The molecule has 1 amide bonds. The predicted octanol–water partition coefficient (Wildman–Crippen LogP) is 3.20. The number of aryl methyl sites for hydroxylation is 1. The molecule has 0 bridgehead atoms. The summed E-state index contributed by atoms with van der Waals surface area (Å²) >= 11 is 0. The number of amides is 1. The van der Waals surface area contributed by atoms with Crippen molar-refractivity contribution in [1.82, 2.24) is 5.32 Å². The van der Waals surface area contributed by atoms with Gasteiger partial charge in [0.05, 0.1) is 6.54 Å². The highest BCUT2D eigenvalue weighted by atomic mass is 16.5. The zero-order valence-corrected chi connectivity index (χ0v) is 12.1. The first kappa shape index (κ1) is 14.9. The maximum atomic E-state index is 11.6. The van der Waals surface area contributed by atoms with Crippen LogP contribution in [-0.4, -0.2) is 19.1 Å². The molecule has 21 heavy (non-hydrogen) atoms. The molecule has 0 heterocycles. The Balaban J connectivity index is 1.69. The second-order valence-electron chi connectivity index (χ2n) is 4.70. The molecule has 108 valence electrons. The highest BCUT2D eigenvalue weighted by Gasteiger charge is 1.96. The molecule has 0 radical (unpaired) electrons. The summed E-state index contributed by atoms with van der Waals surface area (Å²) in [6.45, 7) is 2.95.